The van der Waals surface area contributed by atoms with Crippen molar-refractivity contribution >= 4 is 50.9 Å². The maximum absolute atomic E-state index is 13.6. The van der Waals surface area contributed by atoms with Crippen molar-refractivity contribution in [2.75, 3.05) is 11.5 Å². The van der Waals surface area contributed by atoms with Gasteiger partial charge in [0.1, 0.15) is 5.82 Å². The number of thioether (sulfide) groups is 1. The number of imidazole rings is 1. The van der Waals surface area contributed by atoms with Crippen molar-refractivity contribution in [3.63, 3.8) is 0 Å². The molecule has 0 amide bonds. The SMILES string of the molecule is Fc1cc2c(cc1Br)[nH]c(=S)n2CC1CCSC1. The van der Waals surface area contributed by atoms with Gasteiger partial charge in [-0.3, -0.25) is 0 Å². The van der Waals surface area contributed by atoms with Gasteiger partial charge in [0.2, 0.25) is 0 Å². The van der Waals surface area contributed by atoms with Crippen molar-refractivity contribution in [1.29, 1.82) is 0 Å². The predicted octanol–water partition coefficient (Wildman–Crippen LogP) is 4.35. The summed E-state index contributed by atoms with van der Waals surface area (Å²) in [4.78, 5) is 3.14. The topological polar surface area (TPSA) is 20.7 Å². The molecule has 1 aliphatic heterocycles. The largest absolute Gasteiger partial charge is 0.331 e. The van der Waals surface area contributed by atoms with Crippen LogP contribution >= 0.6 is 39.9 Å². The van der Waals surface area contributed by atoms with E-state index in [-0.39, 0.29) is 5.82 Å². The molecule has 0 aliphatic carbocycles. The van der Waals surface area contributed by atoms with E-state index in [2.05, 4.69) is 20.9 Å². The number of fused-ring (bicyclic) bond motifs is 1. The van der Waals surface area contributed by atoms with Crippen LogP contribution in [0, 0.1) is 16.5 Å². The van der Waals surface area contributed by atoms with E-state index in [1.54, 1.807) is 12.1 Å². The Labute approximate surface area is 122 Å². The van der Waals surface area contributed by atoms with Gasteiger partial charge in [0.25, 0.3) is 0 Å². The Kier molecular flexibility index (Phi) is 3.51. The number of halogens is 2. The molecule has 1 saturated heterocycles. The summed E-state index contributed by atoms with van der Waals surface area (Å²) in [6, 6.07) is 3.30. The van der Waals surface area contributed by atoms with E-state index >= 15 is 0 Å². The van der Waals surface area contributed by atoms with Gasteiger partial charge in [-0.25, -0.2) is 4.39 Å². The zero-order chi connectivity index (χ0) is 12.7. The molecule has 0 spiro atoms. The number of rotatable bonds is 2. The maximum Gasteiger partial charge on any atom is 0.178 e. The highest BCUT2D eigenvalue weighted by molar-refractivity contribution is 9.10. The summed E-state index contributed by atoms with van der Waals surface area (Å²) < 4.78 is 16.8. The second-order valence-corrected chi connectivity index (χ2v) is 6.94. The zero-order valence-electron chi connectivity index (χ0n) is 9.58. The van der Waals surface area contributed by atoms with E-state index in [0.29, 0.717) is 15.2 Å². The Morgan fingerprint density at radius 2 is 2.39 bits per heavy atom. The summed E-state index contributed by atoms with van der Waals surface area (Å²) in [6.07, 6.45) is 1.22. The molecule has 0 saturated carbocycles. The lowest BCUT2D eigenvalue weighted by molar-refractivity contribution is 0.497. The molecule has 6 heteroatoms. The van der Waals surface area contributed by atoms with Crippen molar-refractivity contribution in [2.24, 2.45) is 5.92 Å². The lowest BCUT2D eigenvalue weighted by Crippen LogP contribution is -2.09. The van der Waals surface area contributed by atoms with E-state index in [1.165, 1.54) is 17.9 Å². The number of aromatic amines is 1. The van der Waals surface area contributed by atoms with Gasteiger partial charge in [-0.15, -0.1) is 0 Å². The van der Waals surface area contributed by atoms with Crippen LogP contribution in [0.3, 0.4) is 0 Å². The van der Waals surface area contributed by atoms with Crippen LogP contribution < -0.4 is 0 Å². The monoisotopic (exact) mass is 346 g/mol. The molecule has 1 unspecified atom stereocenters. The summed E-state index contributed by atoms with van der Waals surface area (Å²) in [7, 11) is 0. The summed E-state index contributed by atoms with van der Waals surface area (Å²) >= 11 is 10.5. The smallest absolute Gasteiger partial charge is 0.178 e. The Bertz CT molecular complexity index is 643. The van der Waals surface area contributed by atoms with Crippen LogP contribution in [0.1, 0.15) is 6.42 Å². The van der Waals surface area contributed by atoms with Crippen LogP contribution in [0.5, 0.6) is 0 Å². The van der Waals surface area contributed by atoms with Crippen LogP contribution in [0.25, 0.3) is 11.0 Å². The van der Waals surface area contributed by atoms with Crippen molar-refractivity contribution in [1.82, 2.24) is 9.55 Å². The van der Waals surface area contributed by atoms with Crippen molar-refractivity contribution in [3.05, 3.63) is 27.2 Å². The highest BCUT2D eigenvalue weighted by Crippen LogP contribution is 2.28. The number of nitrogens with zero attached hydrogens (tertiary/aromatic N) is 1. The third-order valence-electron chi connectivity index (χ3n) is 3.28. The first-order valence-corrected chi connectivity index (χ1v) is 8.16. The molecule has 3 rings (SSSR count). The van der Waals surface area contributed by atoms with E-state index < -0.39 is 0 Å². The first-order chi connectivity index (χ1) is 8.65. The number of hydrogen-bond acceptors (Lipinski definition) is 2. The second-order valence-electron chi connectivity index (χ2n) is 4.55. The van der Waals surface area contributed by atoms with Crippen molar-refractivity contribution in [3.8, 4) is 0 Å². The molecule has 2 aromatic rings. The molecule has 1 atom stereocenters. The number of nitrogens with one attached hydrogen (secondary N) is 1. The second kappa shape index (κ2) is 4.98. The fourth-order valence-electron chi connectivity index (χ4n) is 2.32. The minimum Gasteiger partial charge on any atom is -0.331 e. The number of H-pyrrole nitrogens is 1. The maximum atomic E-state index is 13.6. The summed E-state index contributed by atoms with van der Waals surface area (Å²) in [5.41, 5.74) is 1.75. The summed E-state index contributed by atoms with van der Waals surface area (Å²) in [6.45, 7) is 0.882. The van der Waals surface area contributed by atoms with Crippen molar-refractivity contribution in [2.45, 2.75) is 13.0 Å². The molecule has 2 heterocycles. The minimum absolute atomic E-state index is 0.244. The Hall–Kier alpha value is -0.330. The van der Waals surface area contributed by atoms with Gasteiger partial charge >= 0.3 is 0 Å². The summed E-state index contributed by atoms with van der Waals surface area (Å²) in [5, 5.41) is 0. The molecule has 1 aromatic heterocycles. The molecule has 1 fully saturated rings. The molecule has 2 nitrogen and oxygen atoms in total. The predicted molar refractivity (Wildman–Crippen MR) is 80.2 cm³/mol. The van der Waals surface area contributed by atoms with Crippen molar-refractivity contribution < 1.29 is 4.39 Å². The Morgan fingerprint density at radius 1 is 1.56 bits per heavy atom. The molecular formula is C12H12BrFN2S2. The van der Waals surface area contributed by atoms with Gasteiger partial charge in [-0.2, -0.15) is 11.8 Å². The van der Waals surface area contributed by atoms with E-state index in [0.717, 1.165) is 17.6 Å². The number of aromatic nitrogens is 2. The Morgan fingerprint density at radius 3 is 3.11 bits per heavy atom. The van der Waals surface area contributed by atoms with Gasteiger partial charge < -0.3 is 9.55 Å². The molecular weight excluding hydrogens is 335 g/mol. The van der Waals surface area contributed by atoms with E-state index in [9.17, 15) is 4.39 Å². The van der Waals surface area contributed by atoms with Crippen LogP contribution in [0.15, 0.2) is 16.6 Å². The third kappa shape index (κ3) is 2.26. The van der Waals surface area contributed by atoms with E-state index in [4.69, 9.17) is 12.2 Å². The van der Waals surface area contributed by atoms with Gasteiger partial charge in [-0.05, 0) is 58.1 Å². The molecule has 0 radical (unpaired) electrons. The lowest BCUT2D eigenvalue weighted by Gasteiger charge is -2.10. The van der Waals surface area contributed by atoms with E-state index in [1.807, 2.05) is 16.3 Å². The number of benzene rings is 1. The average Bonchev–Trinajstić information content (AvgIpc) is 2.92. The Balaban J connectivity index is 2.07. The molecule has 18 heavy (non-hydrogen) atoms. The molecule has 1 N–H and O–H groups in total. The number of hydrogen-bond donors (Lipinski definition) is 1. The van der Waals surface area contributed by atoms with Gasteiger partial charge in [0.15, 0.2) is 4.77 Å². The third-order valence-corrected chi connectivity index (χ3v) is 5.44. The minimum atomic E-state index is -0.244. The molecule has 1 aliphatic rings. The fourth-order valence-corrected chi connectivity index (χ4v) is 4.22. The standard InChI is InChI=1S/C12H12BrFN2S2/c13-8-3-10-11(4-9(8)14)16(12(17)15-10)5-7-1-2-18-6-7/h3-4,7H,1-2,5-6H2,(H,15,17). The fraction of sp³-hybridized carbons (Fsp3) is 0.417. The first kappa shape index (κ1) is 12.7. The summed E-state index contributed by atoms with van der Waals surface area (Å²) in [5.74, 6) is 2.80. The quantitative estimate of drug-likeness (QED) is 0.815. The van der Waals surface area contributed by atoms with Crippen LogP contribution in [0.4, 0.5) is 4.39 Å². The lowest BCUT2D eigenvalue weighted by atomic mass is 10.1. The molecule has 96 valence electrons. The zero-order valence-corrected chi connectivity index (χ0v) is 12.8. The molecule has 1 aromatic carbocycles. The highest BCUT2D eigenvalue weighted by atomic mass is 79.9. The van der Waals surface area contributed by atoms with Crippen LogP contribution in [-0.2, 0) is 6.54 Å². The van der Waals surface area contributed by atoms with Gasteiger partial charge in [0, 0.05) is 12.6 Å². The highest BCUT2D eigenvalue weighted by Gasteiger charge is 2.18. The first-order valence-electron chi connectivity index (χ1n) is 5.80. The normalized spacial score (nSPS) is 19.8. The van der Waals surface area contributed by atoms with Crippen LogP contribution in [-0.4, -0.2) is 21.1 Å². The van der Waals surface area contributed by atoms with Gasteiger partial charge in [0.05, 0.1) is 15.5 Å². The molecule has 0 bridgehead atoms. The van der Waals surface area contributed by atoms with Gasteiger partial charge in [-0.1, -0.05) is 0 Å². The van der Waals surface area contributed by atoms with Crippen LogP contribution in [0.2, 0.25) is 0 Å². The average molecular weight is 347 g/mol.